The van der Waals surface area contributed by atoms with Crippen LogP contribution in [0.2, 0.25) is 0 Å². The fourth-order valence-electron chi connectivity index (χ4n) is 3.32. The second-order valence-corrected chi connectivity index (χ2v) is 6.79. The maximum Gasteiger partial charge on any atom is 0.322 e. The van der Waals surface area contributed by atoms with Crippen molar-refractivity contribution < 1.29 is 18.1 Å². The molecule has 1 fully saturated rings. The quantitative estimate of drug-likeness (QED) is 0.722. The second-order valence-electron chi connectivity index (χ2n) is 6.79. The Labute approximate surface area is 165 Å². The fourth-order valence-corrected chi connectivity index (χ4v) is 3.32. The van der Waals surface area contributed by atoms with Crippen molar-refractivity contribution in [2.24, 2.45) is 5.92 Å². The van der Waals surface area contributed by atoms with Gasteiger partial charge >= 0.3 is 6.03 Å². The van der Waals surface area contributed by atoms with E-state index in [1.54, 1.807) is 23.5 Å². The Hall–Kier alpha value is -3.43. The summed E-state index contributed by atoms with van der Waals surface area (Å²) in [5, 5.41) is 6.25. The lowest BCUT2D eigenvalue weighted by atomic mass is 9.95. The standard InChI is InChI=1S/C19H18F2N6O2/c20-13-4-1-5-14(21)17(13)25-19(28)27-8-2-3-12(11-27)9-16-24-18(26-29-16)15-10-22-6-7-23-15/h1,4-7,10,12H,2-3,8-9,11H2,(H,25,28). The first-order valence-corrected chi connectivity index (χ1v) is 9.19. The molecule has 29 heavy (non-hydrogen) atoms. The molecule has 1 aliphatic heterocycles. The molecule has 1 aromatic carbocycles. The monoisotopic (exact) mass is 400 g/mol. The van der Waals surface area contributed by atoms with Crippen LogP contribution in [0.25, 0.3) is 11.5 Å². The molecule has 0 bridgehead atoms. The third kappa shape index (κ3) is 4.36. The summed E-state index contributed by atoms with van der Waals surface area (Å²) in [5.74, 6) is -0.731. The minimum absolute atomic E-state index is 0.0927. The first-order valence-electron chi connectivity index (χ1n) is 9.19. The molecule has 3 heterocycles. The van der Waals surface area contributed by atoms with E-state index in [0.717, 1.165) is 25.0 Å². The Bertz CT molecular complexity index is 977. The summed E-state index contributed by atoms with van der Waals surface area (Å²) in [6.07, 6.45) is 6.78. The fraction of sp³-hybridized carbons (Fsp3) is 0.316. The molecular formula is C19H18F2N6O2. The van der Waals surface area contributed by atoms with Crippen LogP contribution in [0.15, 0.2) is 41.3 Å². The third-order valence-corrected chi connectivity index (χ3v) is 4.72. The number of halogens is 2. The molecule has 8 nitrogen and oxygen atoms in total. The topological polar surface area (TPSA) is 97.0 Å². The number of aromatic nitrogens is 4. The summed E-state index contributed by atoms with van der Waals surface area (Å²) in [6.45, 7) is 0.928. The van der Waals surface area contributed by atoms with Crippen molar-refractivity contribution in [3.05, 3.63) is 54.3 Å². The highest BCUT2D eigenvalue weighted by molar-refractivity contribution is 5.89. The zero-order valence-corrected chi connectivity index (χ0v) is 15.4. The van der Waals surface area contributed by atoms with Crippen LogP contribution in [0.4, 0.5) is 19.3 Å². The van der Waals surface area contributed by atoms with Crippen LogP contribution in [0, 0.1) is 17.6 Å². The van der Waals surface area contributed by atoms with E-state index < -0.39 is 23.4 Å². The Kier molecular flexibility index (Phi) is 5.41. The largest absolute Gasteiger partial charge is 0.339 e. The van der Waals surface area contributed by atoms with Crippen molar-refractivity contribution in [1.29, 1.82) is 0 Å². The highest BCUT2D eigenvalue weighted by Crippen LogP contribution is 2.23. The highest BCUT2D eigenvalue weighted by atomic mass is 19.1. The molecule has 0 saturated carbocycles. The zero-order valence-electron chi connectivity index (χ0n) is 15.4. The molecule has 3 aromatic rings. The molecule has 150 valence electrons. The maximum atomic E-state index is 13.8. The van der Waals surface area contributed by atoms with Crippen LogP contribution in [-0.2, 0) is 6.42 Å². The van der Waals surface area contributed by atoms with Gasteiger partial charge in [-0.2, -0.15) is 4.98 Å². The van der Waals surface area contributed by atoms with Gasteiger partial charge in [-0.15, -0.1) is 0 Å². The number of hydrogen-bond donors (Lipinski definition) is 1. The summed E-state index contributed by atoms with van der Waals surface area (Å²) < 4.78 is 32.8. The molecule has 1 N–H and O–H groups in total. The van der Waals surface area contributed by atoms with Crippen LogP contribution in [0.5, 0.6) is 0 Å². The van der Waals surface area contributed by atoms with E-state index >= 15 is 0 Å². The van der Waals surface area contributed by atoms with Crippen LogP contribution >= 0.6 is 0 Å². The van der Waals surface area contributed by atoms with Gasteiger partial charge in [0.25, 0.3) is 0 Å². The number of carbonyl (C=O) groups excluding carboxylic acids is 1. The van der Waals surface area contributed by atoms with Crippen molar-refractivity contribution in [1.82, 2.24) is 25.0 Å². The Morgan fingerprint density at radius 1 is 1.28 bits per heavy atom. The minimum atomic E-state index is -0.811. The number of benzene rings is 1. The summed E-state index contributed by atoms with van der Waals surface area (Å²) in [5.41, 5.74) is 0.0733. The Morgan fingerprint density at radius 2 is 2.10 bits per heavy atom. The number of nitrogens with zero attached hydrogens (tertiary/aromatic N) is 5. The second kappa shape index (κ2) is 8.29. The van der Waals surface area contributed by atoms with Gasteiger partial charge in [0.1, 0.15) is 23.0 Å². The SMILES string of the molecule is O=C(Nc1c(F)cccc1F)N1CCCC(Cc2nc(-c3cnccn3)no2)C1. The van der Waals surface area contributed by atoms with E-state index in [1.807, 2.05) is 0 Å². The number of anilines is 1. The van der Waals surface area contributed by atoms with Gasteiger partial charge < -0.3 is 14.7 Å². The van der Waals surface area contributed by atoms with Crippen molar-refractivity contribution in [3.8, 4) is 11.5 Å². The number of piperidine rings is 1. The maximum absolute atomic E-state index is 13.8. The van der Waals surface area contributed by atoms with Crippen LogP contribution in [0.1, 0.15) is 18.7 Å². The molecule has 1 atom stereocenters. The number of rotatable bonds is 4. The van der Waals surface area contributed by atoms with Gasteiger partial charge in [-0.1, -0.05) is 11.2 Å². The van der Waals surface area contributed by atoms with E-state index in [1.165, 1.54) is 6.07 Å². The van der Waals surface area contributed by atoms with Gasteiger partial charge in [0.15, 0.2) is 0 Å². The van der Waals surface area contributed by atoms with Crippen molar-refractivity contribution in [2.75, 3.05) is 18.4 Å². The summed E-state index contributed by atoms with van der Waals surface area (Å²) in [4.78, 5) is 26.5. The van der Waals surface area contributed by atoms with Gasteiger partial charge in [-0.05, 0) is 30.9 Å². The normalized spacial score (nSPS) is 16.6. The predicted octanol–water partition coefficient (Wildman–Crippen LogP) is 3.29. The highest BCUT2D eigenvalue weighted by Gasteiger charge is 2.26. The zero-order chi connectivity index (χ0) is 20.2. The number of likely N-dealkylation sites (tertiary alicyclic amines) is 1. The first kappa shape index (κ1) is 18.9. The Morgan fingerprint density at radius 3 is 2.86 bits per heavy atom. The molecule has 2 aromatic heterocycles. The average molecular weight is 400 g/mol. The lowest BCUT2D eigenvalue weighted by molar-refractivity contribution is 0.173. The third-order valence-electron chi connectivity index (χ3n) is 4.72. The summed E-state index contributed by atoms with van der Waals surface area (Å²) in [6, 6.07) is 2.91. The average Bonchev–Trinajstić information content (AvgIpc) is 3.20. The van der Waals surface area contributed by atoms with E-state index in [-0.39, 0.29) is 5.92 Å². The molecule has 1 unspecified atom stereocenters. The van der Waals surface area contributed by atoms with Crippen LogP contribution < -0.4 is 5.32 Å². The number of para-hydroxylation sites is 1. The van der Waals surface area contributed by atoms with Crippen LogP contribution in [-0.4, -0.2) is 44.1 Å². The van der Waals surface area contributed by atoms with E-state index in [4.69, 9.17) is 4.52 Å². The smallest absolute Gasteiger partial charge is 0.322 e. The lowest BCUT2D eigenvalue weighted by Gasteiger charge is -2.32. The number of hydrogen-bond acceptors (Lipinski definition) is 6. The van der Waals surface area contributed by atoms with Gasteiger partial charge in [-0.25, -0.2) is 18.6 Å². The number of urea groups is 1. The molecule has 1 saturated heterocycles. The molecule has 0 aliphatic carbocycles. The molecule has 2 amide bonds. The van der Waals surface area contributed by atoms with Gasteiger partial charge in [0, 0.05) is 31.9 Å². The first-order chi connectivity index (χ1) is 14.1. The van der Waals surface area contributed by atoms with Gasteiger partial charge in [0.2, 0.25) is 11.7 Å². The molecule has 0 spiro atoms. The number of carbonyl (C=O) groups is 1. The van der Waals surface area contributed by atoms with Crippen molar-refractivity contribution >= 4 is 11.7 Å². The van der Waals surface area contributed by atoms with Crippen LogP contribution in [0.3, 0.4) is 0 Å². The number of nitrogens with one attached hydrogen (secondary N) is 1. The van der Waals surface area contributed by atoms with Crippen molar-refractivity contribution in [3.63, 3.8) is 0 Å². The summed E-state index contributed by atoms with van der Waals surface area (Å²) in [7, 11) is 0. The minimum Gasteiger partial charge on any atom is -0.339 e. The number of amides is 2. The van der Waals surface area contributed by atoms with E-state index in [9.17, 15) is 13.6 Å². The van der Waals surface area contributed by atoms with Gasteiger partial charge in [0.05, 0.1) is 6.20 Å². The lowest BCUT2D eigenvalue weighted by Crippen LogP contribution is -2.43. The summed E-state index contributed by atoms with van der Waals surface area (Å²) >= 11 is 0. The molecule has 4 rings (SSSR count). The van der Waals surface area contributed by atoms with Crippen molar-refractivity contribution in [2.45, 2.75) is 19.3 Å². The molecular weight excluding hydrogens is 382 g/mol. The molecule has 0 radical (unpaired) electrons. The Balaban J connectivity index is 1.38. The molecule has 10 heteroatoms. The predicted molar refractivity (Wildman–Crippen MR) is 98.7 cm³/mol. The van der Waals surface area contributed by atoms with E-state index in [2.05, 4.69) is 25.4 Å². The molecule has 1 aliphatic rings. The van der Waals surface area contributed by atoms with E-state index in [0.29, 0.717) is 36.9 Å². The van der Waals surface area contributed by atoms with Gasteiger partial charge in [-0.3, -0.25) is 4.98 Å².